The molecule has 3 amide bonds. The molecule has 100 heavy (non-hydrogen) atoms. The van der Waals surface area contributed by atoms with Gasteiger partial charge in [-0.15, -0.1) is 5.10 Å². The molecule has 22 nitrogen and oxygen atoms in total. The Bertz CT molecular complexity index is 5130. The highest BCUT2D eigenvalue weighted by Crippen LogP contribution is 2.38. The number of ketones is 1. The summed E-state index contributed by atoms with van der Waals surface area (Å²) >= 11 is 0. The van der Waals surface area contributed by atoms with E-state index in [0.29, 0.717) is 42.2 Å². The van der Waals surface area contributed by atoms with E-state index in [0.717, 1.165) is 130 Å². The van der Waals surface area contributed by atoms with Gasteiger partial charge in [-0.1, -0.05) is 123 Å². The Kier molecular flexibility index (Phi) is 21.2. The quantitative estimate of drug-likeness (QED) is 0.0913. The third-order valence-electron chi connectivity index (χ3n) is 17.1. The Morgan fingerprint density at radius 2 is 1.15 bits per heavy atom. The standard InChI is InChI=1S/C24H29N5O2.C21H19N3O3.C20H14N6.C13H11N3/c1-17(16-28-10-6-3-7-11-28)12-24(31)26-23-14-22(27-29(23)18(2)30)20-13-19-8-4-5-9-21(19)25-15-20;1-13(25)18-11-17(12-19(18)16-7-5-4-6-8-16)20-9-10-22-21(23-20)24(14(2)26)15(3)27;1-2-4-17-15(3-1)9-16(11-21-17)19-10-18(23-24-19)13-5-7-14(8-6-13)20-12-22-26-25-20;1-9-6-13(16-15-9)11-7-10-4-2-3-5-12(10)14-8-11/h4-5,8-9,13-15,17H,3,6-7,10-12,16H2,1-2H3,(H,26,31);4-11H,12H2,1-3H3;1-11H,12H2,(H,23,24);2-8H,1H3,(H,15,16). The lowest BCUT2D eigenvalue weighted by Crippen LogP contribution is -2.34. The molecule has 1 saturated heterocycles. The average molecular weight is 1330 g/mol. The number of rotatable bonds is 14. The van der Waals surface area contributed by atoms with Crippen molar-refractivity contribution in [3.05, 3.63) is 229 Å². The summed E-state index contributed by atoms with van der Waals surface area (Å²) < 4.78 is 1.25. The maximum Gasteiger partial charge on any atom is 0.245 e. The molecule has 0 bridgehead atoms. The van der Waals surface area contributed by atoms with Crippen molar-refractivity contribution in [2.75, 3.05) is 36.4 Å². The average Bonchev–Trinajstić information content (AvgIpc) is 1.67. The van der Waals surface area contributed by atoms with Gasteiger partial charge in [0.15, 0.2) is 5.78 Å². The second-order valence-electron chi connectivity index (χ2n) is 24.7. The Morgan fingerprint density at radius 3 is 1.71 bits per heavy atom. The SMILES string of the molecule is CC(=O)C1=C(c2ccccc2)CC(c2ccnc(N(C(C)=O)C(C)=O)n2)=C1.CC(=O)n1nc(-c2cnc3ccccc3c2)cc1NC(=O)CC(C)CN1CCCCC1.Cc1cc(-c2cnc3ccccc3c2)n[nH]1.c1ccc2ncc(-c3cc(-c4ccc(C5=NN=NC5)cc4)[nH]n3)cc2c1. The van der Waals surface area contributed by atoms with Crippen LogP contribution in [0.4, 0.5) is 11.8 Å². The first-order chi connectivity index (χ1) is 48.6. The van der Waals surface area contributed by atoms with Gasteiger partial charge in [0.1, 0.15) is 12.4 Å². The molecule has 1 aliphatic carbocycles. The van der Waals surface area contributed by atoms with Gasteiger partial charge in [0, 0.05) is 115 Å². The Balaban J connectivity index is 0.000000129. The number of pyridine rings is 3. The van der Waals surface area contributed by atoms with Gasteiger partial charge in [-0.05, 0) is 139 Å². The lowest BCUT2D eigenvalue weighted by molar-refractivity contribution is -0.124. The third-order valence-corrected chi connectivity index (χ3v) is 17.1. The highest BCUT2D eigenvalue weighted by molar-refractivity contribution is 6.12. The monoisotopic (exact) mass is 1330 g/mol. The minimum Gasteiger partial charge on any atom is -0.310 e. The maximum atomic E-state index is 12.7. The summed E-state index contributed by atoms with van der Waals surface area (Å²) in [6, 6.07) is 55.6. The van der Waals surface area contributed by atoms with E-state index in [1.807, 2.05) is 159 Å². The Labute approximate surface area is 577 Å². The molecule has 3 N–H and O–H groups in total. The largest absolute Gasteiger partial charge is 0.310 e. The Morgan fingerprint density at radius 1 is 0.580 bits per heavy atom. The highest BCUT2D eigenvalue weighted by Gasteiger charge is 2.26. The van der Waals surface area contributed by atoms with Gasteiger partial charge in [0.2, 0.25) is 29.6 Å². The zero-order chi connectivity index (χ0) is 69.7. The van der Waals surface area contributed by atoms with Crippen LogP contribution in [-0.4, -0.2) is 121 Å². The van der Waals surface area contributed by atoms with Crippen molar-refractivity contribution in [2.45, 2.75) is 73.6 Å². The first-order valence-corrected chi connectivity index (χ1v) is 33.0. The number of aromatic amines is 2. The van der Waals surface area contributed by atoms with E-state index >= 15 is 0 Å². The van der Waals surface area contributed by atoms with Crippen LogP contribution in [0, 0.1) is 12.8 Å². The first kappa shape index (κ1) is 67.7. The van der Waals surface area contributed by atoms with Gasteiger partial charge < -0.3 is 10.2 Å². The molecule has 0 radical (unpaired) electrons. The van der Waals surface area contributed by atoms with Crippen molar-refractivity contribution in [3.63, 3.8) is 0 Å². The van der Waals surface area contributed by atoms with E-state index in [4.69, 9.17) is 0 Å². The van der Waals surface area contributed by atoms with E-state index in [-0.39, 0.29) is 29.5 Å². The summed E-state index contributed by atoms with van der Waals surface area (Å²) in [4.78, 5) is 85.6. The molecule has 15 rings (SSSR count). The zero-order valence-electron chi connectivity index (χ0n) is 56.3. The first-order valence-electron chi connectivity index (χ1n) is 33.0. The molecule has 9 heterocycles. The van der Waals surface area contributed by atoms with Gasteiger partial charge in [0.25, 0.3) is 0 Å². The van der Waals surface area contributed by atoms with Crippen molar-refractivity contribution >= 4 is 90.7 Å². The molecule has 2 aliphatic heterocycles. The third kappa shape index (κ3) is 16.6. The fourth-order valence-electron chi connectivity index (χ4n) is 12.1. The number of hydrogen-bond acceptors (Lipinski definition) is 17. The van der Waals surface area contributed by atoms with Crippen molar-refractivity contribution in [2.24, 2.45) is 21.4 Å². The van der Waals surface area contributed by atoms with Gasteiger partial charge >= 0.3 is 0 Å². The summed E-state index contributed by atoms with van der Waals surface area (Å²) in [5, 5.41) is 36.8. The number of nitrogens with one attached hydrogen (secondary N) is 3. The molecule has 3 aliphatic rings. The number of allylic oxidation sites excluding steroid dienone is 4. The van der Waals surface area contributed by atoms with Crippen LogP contribution in [-0.2, 0) is 19.2 Å². The smallest absolute Gasteiger partial charge is 0.245 e. The molecule has 1 atom stereocenters. The number of hydrogen-bond donors (Lipinski definition) is 3. The van der Waals surface area contributed by atoms with E-state index in [1.54, 1.807) is 18.3 Å². The molecule has 0 spiro atoms. The number of benzene rings is 5. The summed E-state index contributed by atoms with van der Waals surface area (Å²) in [5.74, 6) is -0.605. The molecule has 1 unspecified atom stereocenters. The number of fused-ring (bicyclic) bond motifs is 3. The summed E-state index contributed by atoms with van der Waals surface area (Å²) in [6.45, 7) is 13.3. The van der Waals surface area contributed by atoms with Crippen LogP contribution in [0.25, 0.3) is 88.9 Å². The predicted octanol–water partition coefficient (Wildman–Crippen LogP) is 14.8. The van der Waals surface area contributed by atoms with Crippen LogP contribution < -0.4 is 10.2 Å². The van der Waals surface area contributed by atoms with E-state index < -0.39 is 11.8 Å². The molecular weight excluding hydrogens is 1250 g/mol. The fraction of sp³-hybridized carbons (Fsp3) is 0.205. The van der Waals surface area contributed by atoms with Crippen LogP contribution in [0.2, 0.25) is 0 Å². The predicted molar refractivity (Wildman–Crippen MR) is 390 cm³/mol. The van der Waals surface area contributed by atoms with E-state index in [9.17, 15) is 24.0 Å². The number of imide groups is 1. The summed E-state index contributed by atoms with van der Waals surface area (Å²) in [7, 11) is 0. The number of aryl methyl sites for hydroxylation is 1. The lowest BCUT2D eigenvalue weighted by Gasteiger charge is -2.28. The molecule has 500 valence electrons. The van der Waals surface area contributed by atoms with Gasteiger partial charge in [-0.25, -0.2) is 14.9 Å². The number of nitrogens with zero attached hydrogens (tertiary/aromatic N) is 14. The van der Waals surface area contributed by atoms with Gasteiger partial charge in [-0.2, -0.15) is 25.1 Å². The molecule has 12 aromatic rings. The number of anilines is 2. The number of carbonyl (C=O) groups is 5. The fourth-order valence-corrected chi connectivity index (χ4v) is 12.1. The number of carbonyl (C=O) groups excluding carboxylic acids is 5. The molecule has 1 fully saturated rings. The molecule has 7 aromatic heterocycles. The minimum absolute atomic E-state index is 0.0211. The van der Waals surface area contributed by atoms with Crippen molar-refractivity contribution < 1.29 is 24.0 Å². The number of H-pyrrole nitrogens is 2. The van der Waals surface area contributed by atoms with Crippen molar-refractivity contribution in [3.8, 4) is 45.0 Å². The lowest BCUT2D eigenvalue weighted by atomic mass is 9.98. The molecule has 0 saturated carbocycles. The van der Waals surface area contributed by atoms with Crippen LogP contribution in [0.3, 0.4) is 0 Å². The van der Waals surface area contributed by atoms with Crippen molar-refractivity contribution in [1.29, 1.82) is 0 Å². The Hall–Kier alpha value is -12.3. The summed E-state index contributed by atoms with van der Waals surface area (Å²) in [6.07, 6.45) is 13.5. The van der Waals surface area contributed by atoms with Crippen LogP contribution in [0.1, 0.15) is 94.0 Å². The second kappa shape index (κ2) is 31.3. The maximum absolute atomic E-state index is 12.7. The highest BCUT2D eigenvalue weighted by atomic mass is 16.2. The van der Waals surface area contributed by atoms with Crippen LogP contribution in [0.5, 0.6) is 0 Å². The number of para-hydroxylation sites is 3. The molecule has 22 heteroatoms. The van der Waals surface area contributed by atoms with Crippen molar-refractivity contribution in [1.82, 2.24) is 60.0 Å². The molecular formula is C78H73N17O5. The molecule has 5 aromatic carbocycles. The summed E-state index contributed by atoms with van der Waals surface area (Å²) in [5.41, 5.74) is 17.1. The number of Topliss-reactive ketones (excluding diaryl/α,β-unsaturated/α-hetero) is 1. The normalized spacial score (nSPS) is 13.7. The van der Waals surface area contributed by atoms with E-state index in [2.05, 4.69) is 107 Å². The topological polar surface area (TPSA) is 281 Å². The number of piperidine rings is 1. The second-order valence-corrected chi connectivity index (χ2v) is 24.7. The number of aromatic nitrogens is 11. The zero-order valence-corrected chi connectivity index (χ0v) is 56.3. The minimum atomic E-state index is -0.451. The van der Waals surface area contributed by atoms with Crippen LogP contribution >= 0.6 is 0 Å². The van der Waals surface area contributed by atoms with E-state index in [1.165, 1.54) is 57.8 Å². The number of amides is 3. The van der Waals surface area contributed by atoms with Gasteiger partial charge in [0.05, 0.1) is 50.7 Å². The van der Waals surface area contributed by atoms with Crippen LogP contribution in [0.15, 0.2) is 222 Å². The number of likely N-dealkylation sites (tertiary alicyclic amines) is 1. The van der Waals surface area contributed by atoms with Gasteiger partial charge in [-0.3, -0.25) is 49.1 Å².